The molecule has 1 aliphatic heterocycles. The Bertz CT molecular complexity index is 868. The van der Waals surface area contributed by atoms with Gasteiger partial charge in [0.05, 0.1) is 0 Å². The molecule has 112 valence electrons. The van der Waals surface area contributed by atoms with Crippen LogP contribution in [-0.4, -0.2) is 28.2 Å². The van der Waals surface area contributed by atoms with E-state index in [1.54, 1.807) is 18.3 Å². The molecule has 4 rings (SSSR count). The van der Waals surface area contributed by atoms with Crippen molar-refractivity contribution in [1.29, 1.82) is 0 Å². The zero-order valence-corrected chi connectivity index (χ0v) is 12.4. The fraction of sp³-hybridized carbons (Fsp3) is 0.105. The van der Waals surface area contributed by atoms with Gasteiger partial charge in [0.2, 0.25) is 0 Å². The van der Waals surface area contributed by atoms with Crippen molar-refractivity contribution in [2.45, 2.75) is 6.42 Å². The summed E-state index contributed by atoms with van der Waals surface area (Å²) in [4.78, 5) is 31.0. The molecule has 0 N–H and O–H groups in total. The van der Waals surface area contributed by atoms with Crippen LogP contribution in [0.2, 0.25) is 0 Å². The maximum Gasteiger partial charge on any atom is 0.261 e. The molecule has 0 fully saturated rings. The molecule has 2 heterocycles. The molecular formula is C19H14N2O2. The lowest BCUT2D eigenvalue weighted by atomic mass is 9.94. The third-order valence-corrected chi connectivity index (χ3v) is 4.17. The first-order chi connectivity index (χ1) is 11.3. The van der Waals surface area contributed by atoms with Crippen molar-refractivity contribution in [3.05, 3.63) is 77.6 Å². The summed E-state index contributed by atoms with van der Waals surface area (Å²) in [6.07, 6.45) is 2.27. The highest BCUT2D eigenvalue weighted by Gasteiger charge is 2.32. The van der Waals surface area contributed by atoms with Crippen LogP contribution < -0.4 is 0 Å². The number of imide groups is 1. The van der Waals surface area contributed by atoms with Crippen molar-refractivity contribution in [3.63, 3.8) is 0 Å². The zero-order valence-electron chi connectivity index (χ0n) is 12.4. The molecule has 4 nitrogen and oxygen atoms in total. The Balaban J connectivity index is 1.71. The number of rotatable bonds is 3. The van der Waals surface area contributed by atoms with E-state index >= 15 is 0 Å². The Kier molecular flexibility index (Phi) is 3.15. The second-order valence-corrected chi connectivity index (χ2v) is 5.54. The molecule has 1 aliphatic rings. The molecule has 4 heteroatoms. The van der Waals surface area contributed by atoms with E-state index in [1.165, 1.54) is 4.90 Å². The van der Waals surface area contributed by atoms with Crippen LogP contribution in [0.15, 0.2) is 60.8 Å². The molecule has 0 saturated heterocycles. The lowest BCUT2D eigenvalue weighted by Crippen LogP contribution is -2.41. The normalized spacial score (nSPS) is 13.7. The Morgan fingerprint density at radius 2 is 1.52 bits per heavy atom. The van der Waals surface area contributed by atoms with Gasteiger partial charge < -0.3 is 0 Å². The summed E-state index contributed by atoms with van der Waals surface area (Å²) < 4.78 is 0. The highest BCUT2D eigenvalue weighted by atomic mass is 16.2. The first kappa shape index (κ1) is 13.6. The van der Waals surface area contributed by atoms with Crippen LogP contribution in [0.5, 0.6) is 0 Å². The summed E-state index contributed by atoms with van der Waals surface area (Å²) in [5.41, 5.74) is 2.06. The number of carbonyl (C=O) groups is 2. The van der Waals surface area contributed by atoms with E-state index in [4.69, 9.17) is 0 Å². The molecule has 2 amide bonds. The van der Waals surface area contributed by atoms with Gasteiger partial charge in [-0.2, -0.15) is 0 Å². The molecule has 0 aliphatic carbocycles. The van der Waals surface area contributed by atoms with Crippen molar-refractivity contribution in [1.82, 2.24) is 9.88 Å². The number of benzene rings is 2. The summed E-state index contributed by atoms with van der Waals surface area (Å²) in [6.45, 7) is 0.333. The maximum atomic E-state index is 12.7. The summed E-state index contributed by atoms with van der Waals surface area (Å²) in [5.74, 6) is -0.453. The number of amides is 2. The number of hydrogen-bond acceptors (Lipinski definition) is 3. The predicted molar refractivity (Wildman–Crippen MR) is 87.3 cm³/mol. The molecule has 0 spiro atoms. The standard InChI is InChI=1S/C19H14N2O2/c22-18-15-8-3-5-13-6-4-9-16(17(13)15)19(23)21(18)12-10-14-7-1-2-11-20-14/h1-9,11H,10,12H2. The minimum atomic E-state index is -0.227. The smallest absolute Gasteiger partial charge is 0.261 e. The number of pyridine rings is 1. The molecule has 1 aromatic heterocycles. The van der Waals surface area contributed by atoms with Crippen molar-refractivity contribution in [2.75, 3.05) is 6.54 Å². The number of aromatic nitrogens is 1. The third-order valence-electron chi connectivity index (χ3n) is 4.17. The highest BCUT2D eigenvalue weighted by molar-refractivity contribution is 6.25. The van der Waals surface area contributed by atoms with Crippen LogP contribution in [0, 0.1) is 0 Å². The van der Waals surface area contributed by atoms with Gasteiger partial charge >= 0.3 is 0 Å². The highest BCUT2D eigenvalue weighted by Crippen LogP contribution is 2.29. The Labute approximate surface area is 133 Å². The van der Waals surface area contributed by atoms with Gasteiger partial charge in [-0.25, -0.2) is 0 Å². The number of nitrogens with zero attached hydrogens (tertiary/aromatic N) is 2. The molecule has 0 unspecified atom stereocenters. The number of carbonyl (C=O) groups excluding carboxylic acids is 2. The van der Waals surface area contributed by atoms with Crippen LogP contribution >= 0.6 is 0 Å². The molecule has 2 aromatic carbocycles. The average molecular weight is 302 g/mol. The Morgan fingerprint density at radius 1 is 0.826 bits per heavy atom. The van der Waals surface area contributed by atoms with Crippen LogP contribution in [-0.2, 0) is 6.42 Å². The van der Waals surface area contributed by atoms with Crippen LogP contribution in [0.3, 0.4) is 0 Å². The SMILES string of the molecule is O=C1c2cccc3cccc(c23)C(=O)N1CCc1ccccn1. The van der Waals surface area contributed by atoms with E-state index in [0.29, 0.717) is 24.1 Å². The van der Waals surface area contributed by atoms with Gasteiger partial charge in [-0.3, -0.25) is 19.5 Å². The largest absolute Gasteiger partial charge is 0.274 e. The fourth-order valence-corrected chi connectivity index (χ4v) is 3.06. The lowest BCUT2D eigenvalue weighted by Gasteiger charge is -2.27. The van der Waals surface area contributed by atoms with E-state index in [-0.39, 0.29) is 11.8 Å². The van der Waals surface area contributed by atoms with Crippen molar-refractivity contribution < 1.29 is 9.59 Å². The second-order valence-electron chi connectivity index (χ2n) is 5.54. The molecule has 0 radical (unpaired) electrons. The van der Waals surface area contributed by atoms with Gasteiger partial charge in [0.1, 0.15) is 0 Å². The van der Waals surface area contributed by atoms with Gasteiger partial charge in [-0.1, -0.05) is 30.3 Å². The van der Waals surface area contributed by atoms with Gasteiger partial charge in [-0.05, 0) is 29.7 Å². The minimum Gasteiger partial charge on any atom is -0.274 e. The Hall–Kier alpha value is -3.01. The summed E-state index contributed by atoms with van der Waals surface area (Å²) in [5, 5.41) is 1.69. The number of hydrogen-bond donors (Lipinski definition) is 0. The molecule has 3 aromatic rings. The van der Waals surface area contributed by atoms with Gasteiger partial charge in [0.25, 0.3) is 11.8 Å². The zero-order chi connectivity index (χ0) is 15.8. The first-order valence-electron chi connectivity index (χ1n) is 7.53. The fourth-order valence-electron chi connectivity index (χ4n) is 3.06. The van der Waals surface area contributed by atoms with E-state index in [0.717, 1.165) is 16.5 Å². The molecule has 0 bridgehead atoms. The maximum absolute atomic E-state index is 12.7. The summed E-state index contributed by atoms with van der Waals surface area (Å²) >= 11 is 0. The van der Waals surface area contributed by atoms with Gasteiger partial charge in [0.15, 0.2) is 0 Å². The second kappa shape index (κ2) is 5.32. The monoisotopic (exact) mass is 302 g/mol. The van der Waals surface area contributed by atoms with E-state index in [9.17, 15) is 9.59 Å². The topological polar surface area (TPSA) is 50.3 Å². The quantitative estimate of drug-likeness (QED) is 0.699. The van der Waals surface area contributed by atoms with Crippen molar-refractivity contribution in [3.8, 4) is 0 Å². The van der Waals surface area contributed by atoms with Crippen molar-refractivity contribution >= 4 is 22.6 Å². The molecule has 23 heavy (non-hydrogen) atoms. The summed E-state index contributed by atoms with van der Waals surface area (Å²) in [7, 11) is 0. The van der Waals surface area contributed by atoms with Crippen LogP contribution in [0.25, 0.3) is 10.8 Å². The molecule has 0 atom stereocenters. The van der Waals surface area contributed by atoms with E-state index < -0.39 is 0 Å². The van der Waals surface area contributed by atoms with Gasteiger partial charge in [0, 0.05) is 41.4 Å². The third kappa shape index (κ3) is 2.19. The molecule has 0 saturated carbocycles. The van der Waals surface area contributed by atoms with Crippen molar-refractivity contribution in [2.24, 2.45) is 0 Å². The average Bonchev–Trinajstić information content (AvgIpc) is 2.60. The summed E-state index contributed by atoms with van der Waals surface area (Å²) in [6, 6.07) is 16.8. The van der Waals surface area contributed by atoms with Crippen LogP contribution in [0.4, 0.5) is 0 Å². The first-order valence-corrected chi connectivity index (χ1v) is 7.53. The van der Waals surface area contributed by atoms with Crippen LogP contribution in [0.1, 0.15) is 26.4 Å². The van der Waals surface area contributed by atoms with E-state index in [1.807, 2.05) is 42.5 Å². The van der Waals surface area contributed by atoms with Gasteiger partial charge in [-0.15, -0.1) is 0 Å². The molecular weight excluding hydrogens is 288 g/mol. The minimum absolute atomic E-state index is 0.227. The Morgan fingerprint density at radius 3 is 2.13 bits per heavy atom. The van der Waals surface area contributed by atoms with E-state index in [2.05, 4.69) is 4.98 Å². The predicted octanol–water partition coefficient (Wildman–Crippen LogP) is 3.07. The lowest BCUT2D eigenvalue weighted by molar-refractivity contribution is 0.0612.